The smallest absolute Gasteiger partial charge is 0.257 e. The zero-order valence-electron chi connectivity index (χ0n) is 12.4. The van der Waals surface area contributed by atoms with Crippen LogP contribution in [0.4, 0.5) is 0 Å². The van der Waals surface area contributed by atoms with E-state index in [4.69, 9.17) is 5.84 Å². The van der Waals surface area contributed by atoms with Gasteiger partial charge in [-0.05, 0) is 19.1 Å². The van der Waals surface area contributed by atoms with Crippen LogP contribution in [0.3, 0.4) is 0 Å². The molecule has 2 rings (SSSR count). The number of benzene rings is 1. The van der Waals surface area contributed by atoms with Crippen molar-refractivity contribution in [2.45, 2.75) is 24.8 Å². The van der Waals surface area contributed by atoms with E-state index in [1.165, 1.54) is 18.7 Å². The molecule has 6 nitrogen and oxygen atoms in total. The van der Waals surface area contributed by atoms with Crippen LogP contribution in [-0.2, 0) is 9.59 Å². The van der Waals surface area contributed by atoms with Crippen LogP contribution in [0, 0.1) is 6.92 Å². The molecule has 0 aliphatic rings. The number of para-hydroxylation sites is 1. The fourth-order valence-electron chi connectivity index (χ4n) is 2.09. The Balaban J connectivity index is 2.22. The van der Waals surface area contributed by atoms with Gasteiger partial charge in [0.15, 0.2) is 0 Å². The largest absolute Gasteiger partial charge is 0.344 e. The molecule has 2 aromatic rings. The SMILES string of the molecule is CC(=O)N[C@H](CSc1cc(C)nc2ccccc12)C(=O)NN. The first kappa shape index (κ1) is 16.3. The van der Waals surface area contributed by atoms with Gasteiger partial charge in [-0.15, -0.1) is 11.8 Å². The molecule has 0 unspecified atom stereocenters. The summed E-state index contributed by atoms with van der Waals surface area (Å²) in [4.78, 5) is 28.4. The van der Waals surface area contributed by atoms with Crippen LogP contribution in [0.25, 0.3) is 10.9 Å². The Hall–Kier alpha value is -2.12. The summed E-state index contributed by atoms with van der Waals surface area (Å²) in [5, 5.41) is 3.62. The van der Waals surface area contributed by atoms with Crippen molar-refractivity contribution in [2.24, 2.45) is 5.84 Å². The summed E-state index contributed by atoms with van der Waals surface area (Å²) < 4.78 is 0. The number of carbonyl (C=O) groups excluding carboxylic acids is 2. The molecule has 0 aliphatic heterocycles. The zero-order chi connectivity index (χ0) is 16.1. The van der Waals surface area contributed by atoms with Gasteiger partial charge in [-0.25, -0.2) is 5.84 Å². The minimum absolute atomic E-state index is 0.273. The summed E-state index contributed by atoms with van der Waals surface area (Å²) in [6.45, 7) is 3.29. The number of fused-ring (bicyclic) bond motifs is 1. The molecule has 4 N–H and O–H groups in total. The number of hydrogen-bond acceptors (Lipinski definition) is 5. The van der Waals surface area contributed by atoms with Gasteiger partial charge in [0.05, 0.1) is 5.52 Å². The highest BCUT2D eigenvalue weighted by molar-refractivity contribution is 7.99. The van der Waals surface area contributed by atoms with Crippen molar-refractivity contribution in [3.8, 4) is 0 Å². The van der Waals surface area contributed by atoms with Crippen LogP contribution in [0.1, 0.15) is 12.6 Å². The predicted octanol–water partition coefficient (Wildman–Crippen LogP) is 1.13. The number of nitrogens with zero attached hydrogens (tertiary/aromatic N) is 1. The number of aryl methyl sites for hydroxylation is 1. The summed E-state index contributed by atoms with van der Waals surface area (Å²) >= 11 is 1.49. The van der Waals surface area contributed by atoms with Crippen LogP contribution in [-0.4, -0.2) is 28.6 Å². The van der Waals surface area contributed by atoms with E-state index in [9.17, 15) is 9.59 Å². The number of amides is 2. The Bertz CT molecular complexity index is 705. The number of aromatic nitrogens is 1. The van der Waals surface area contributed by atoms with E-state index >= 15 is 0 Å². The Morgan fingerprint density at radius 1 is 1.36 bits per heavy atom. The molecule has 7 heteroatoms. The predicted molar refractivity (Wildman–Crippen MR) is 87.1 cm³/mol. The summed E-state index contributed by atoms with van der Waals surface area (Å²) in [5.41, 5.74) is 3.89. The molecular formula is C15H18N4O2S. The first-order valence-electron chi connectivity index (χ1n) is 6.78. The van der Waals surface area contributed by atoms with Gasteiger partial charge in [-0.1, -0.05) is 18.2 Å². The van der Waals surface area contributed by atoms with E-state index < -0.39 is 11.9 Å². The summed E-state index contributed by atoms with van der Waals surface area (Å²) in [5.74, 6) is 4.86. The number of hydrogen-bond donors (Lipinski definition) is 3. The second kappa shape index (κ2) is 7.24. The third kappa shape index (κ3) is 3.96. The standard InChI is InChI=1S/C15H18N4O2S/c1-9-7-14(11-5-3-4-6-12(11)17-9)22-8-13(15(21)19-16)18-10(2)20/h3-7,13H,8,16H2,1-2H3,(H,18,20)(H,19,21)/t13-/m1/s1. The lowest BCUT2D eigenvalue weighted by molar-refractivity contribution is -0.127. The Morgan fingerprint density at radius 2 is 2.09 bits per heavy atom. The third-order valence-corrected chi connectivity index (χ3v) is 4.20. The van der Waals surface area contributed by atoms with Crippen molar-refractivity contribution >= 4 is 34.5 Å². The van der Waals surface area contributed by atoms with E-state index in [-0.39, 0.29) is 5.91 Å². The molecular weight excluding hydrogens is 300 g/mol. The van der Waals surface area contributed by atoms with E-state index in [0.29, 0.717) is 5.75 Å². The zero-order valence-corrected chi connectivity index (χ0v) is 13.2. The van der Waals surface area contributed by atoms with E-state index in [2.05, 4.69) is 15.7 Å². The van der Waals surface area contributed by atoms with Crippen molar-refractivity contribution < 1.29 is 9.59 Å². The van der Waals surface area contributed by atoms with Crippen LogP contribution in [0.15, 0.2) is 35.2 Å². The molecule has 1 atom stereocenters. The minimum atomic E-state index is -0.681. The van der Waals surface area contributed by atoms with Crippen molar-refractivity contribution in [3.05, 3.63) is 36.0 Å². The molecule has 0 fully saturated rings. The van der Waals surface area contributed by atoms with Gasteiger partial charge in [0.25, 0.3) is 5.91 Å². The Labute approximate surface area is 132 Å². The van der Waals surface area contributed by atoms with E-state index in [1.54, 1.807) is 0 Å². The minimum Gasteiger partial charge on any atom is -0.344 e. The van der Waals surface area contributed by atoms with Crippen LogP contribution < -0.4 is 16.6 Å². The second-order valence-electron chi connectivity index (χ2n) is 4.85. The first-order chi connectivity index (χ1) is 10.5. The highest BCUT2D eigenvalue weighted by atomic mass is 32.2. The quantitative estimate of drug-likeness (QED) is 0.332. The number of thioether (sulfide) groups is 1. The van der Waals surface area contributed by atoms with Gasteiger partial charge >= 0.3 is 0 Å². The molecule has 1 aromatic carbocycles. The molecule has 0 bridgehead atoms. The van der Waals surface area contributed by atoms with Gasteiger partial charge in [-0.3, -0.25) is 20.0 Å². The topological polar surface area (TPSA) is 97.1 Å². The lowest BCUT2D eigenvalue weighted by Gasteiger charge is -2.16. The molecule has 0 spiro atoms. The average Bonchev–Trinajstić information content (AvgIpc) is 2.49. The molecule has 1 heterocycles. The van der Waals surface area contributed by atoms with Gasteiger partial charge in [0, 0.05) is 28.7 Å². The lowest BCUT2D eigenvalue weighted by Crippen LogP contribution is -2.49. The lowest BCUT2D eigenvalue weighted by atomic mass is 10.2. The third-order valence-electron chi connectivity index (χ3n) is 3.05. The van der Waals surface area contributed by atoms with Crippen molar-refractivity contribution in [1.29, 1.82) is 0 Å². The van der Waals surface area contributed by atoms with Gasteiger partial charge in [0.1, 0.15) is 6.04 Å². The molecule has 1 aromatic heterocycles. The summed E-state index contributed by atoms with van der Waals surface area (Å²) in [6.07, 6.45) is 0. The maximum absolute atomic E-state index is 11.7. The molecule has 116 valence electrons. The normalized spacial score (nSPS) is 12.0. The van der Waals surface area contributed by atoms with Gasteiger partial charge in [-0.2, -0.15) is 0 Å². The number of pyridine rings is 1. The van der Waals surface area contributed by atoms with Crippen LogP contribution in [0.5, 0.6) is 0 Å². The highest BCUT2D eigenvalue weighted by Gasteiger charge is 2.19. The monoisotopic (exact) mass is 318 g/mol. The Morgan fingerprint density at radius 3 is 2.77 bits per heavy atom. The van der Waals surface area contributed by atoms with Gasteiger partial charge in [0.2, 0.25) is 5.91 Å². The van der Waals surface area contributed by atoms with Gasteiger partial charge < -0.3 is 5.32 Å². The summed E-state index contributed by atoms with van der Waals surface area (Å²) in [7, 11) is 0. The first-order valence-corrected chi connectivity index (χ1v) is 7.76. The number of rotatable bonds is 5. The van der Waals surface area contributed by atoms with Crippen molar-refractivity contribution in [2.75, 3.05) is 5.75 Å². The molecule has 0 saturated carbocycles. The van der Waals surface area contributed by atoms with E-state index in [0.717, 1.165) is 21.5 Å². The number of carbonyl (C=O) groups is 2. The van der Waals surface area contributed by atoms with Crippen LogP contribution >= 0.6 is 11.8 Å². The number of hydrazine groups is 1. The molecule has 22 heavy (non-hydrogen) atoms. The maximum atomic E-state index is 11.7. The second-order valence-corrected chi connectivity index (χ2v) is 5.91. The fourth-order valence-corrected chi connectivity index (χ4v) is 3.25. The molecule has 0 aliphatic carbocycles. The number of nitrogens with two attached hydrogens (primary N) is 1. The maximum Gasteiger partial charge on any atom is 0.257 e. The molecule has 0 saturated heterocycles. The van der Waals surface area contributed by atoms with Crippen molar-refractivity contribution in [3.63, 3.8) is 0 Å². The van der Waals surface area contributed by atoms with Crippen molar-refractivity contribution in [1.82, 2.24) is 15.7 Å². The molecule has 2 amide bonds. The van der Waals surface area contributed by atoms with Crippen LogP contribution in [0.2, 0.25) is 0 Å². The highest BCUT2D eigenvalue weighted by Crippen LogP contribution is 2.28. The number of nitrogens with one attached hydrogen (secondary N) is 2. The molecule has 0 radical (unpaired) electrons. The fraction of sp³-hybridized carbons (Fsp3) is 0.267. The summed E-state index contributed by atoms with van der Waals surface area (Å²) in [6, 6.07) is 9.11. The van der Waals surface area contributed by atoms with E-state index in [1.807, 2.05) is 37.3 Å². The Kier molecular flexibility index (Phi) is 5.35. The average molecular weight is 318 g/mol.